The molecular formula is C27H33N5O3. The molecule has 0 radical (unpaired) electrons. The van der Waals surface area contributed by atoms with Gasteiger partial charge in [0.15, 0.2) is 0 Å². The second kappa shape index (κ2) is 10.7. The number of carbonyl (C=O) groups is 2. The fourth-order valence-corrected chi connectivity index (χ4v) is 4.24. The molecule has 8 heteroatoms. The molecule has 0 aliphatic carbocycles. The molecule has 8 nitrogen and oxygen atoms in total. The number of para-hydroxylation sites is 1. The lowest BCUT2D eigenvalue weighted by atomic mass is 10.0. The molecule has 2 aromatic heterocycles. The van der Waals surface area contributed by atoms with Gasteiger partial charge in [0.1, 0.15) is 11.8 Å². The van der Waals surface area contributed by atoms with Gasteiger partial charge in [-0.05, 0) is 47.7 Å². The second-order valence-corrected chi connectivity index (χ2v) is 9.16. The van der Waals surface area contributed by atoms with Crippen molar-refractivity contribution < 1.29 is 14.3 Å². The Morgan fingerprint density at radius 1 is 0.971 bits per heavy atom. The molecule has 0 bridgehead atoms. The van der Waals surface area contributed by atoms with Crippen LogP contribution in [-0.2, 0) is 22.4 Å². The van der Waals surface area contributed by atoms with E-state index in [1.165, 1.54) is 0 Å². The molecule has 0 unspecified atom stereocenters. The summed E-state index contributed by atoms with van der Waals surface area (Å²) in [5.41, 5.74) is 10.1. The van der Waals surface area contributed by atoms with E-state index < -0.39 is 12.1 Å². The van der Waals surface area contributed by atoms with Gasteiger partial charge in [0, 0.05) is 47.2 Å². The molecule has 2 aromatic carbocycles. The van der Waals surface area contributed by atoms with Gasteiger partial charge in [0.25, 0.3) is 0 Å². The Balaban J connectivity index is 1.47. The van der Waals surface area contributed by atoms with Crippen LogP contribution in [0.15, 0.2) is 54.9 Å². The van der Waals surface area contributed by atoms with E-state index in [1.54, 1.807) is 7.11 Å². The highest BCUT2D eigenvalue weighted by Gasteiger charge is 2.26. The Labute approximate surface area is 204 Å². The number of fused-ring (bicyclic) bond motifs is 2. The Kier molecular flexibility index (Phi) is 7.41. The summed E-state index contributed by atoms with van der Waals surface area (Å²) in [6.45, 7) is 4.20. The van der Waals surface area contributed by atoms with Crippen molar-refractivity contribution in [3.05, 3.63) is 66.0 Å². The number of carbonyl (C=O) groups excluding carboxylic acids is 2. The Bertz CT molecular complexity index is 1320. The molecule has 2 atom stereocenters. The highest BCUT2D eigenvalue weighted by molar-refractivity contribution is 5.91. The predicted octanol–water partition coefficient (Wildman–Crippen LogP) is 3.03. The van der Waals surface area contributed by atoms with Crippen LogP contribution in [0.5, 0.6) is 5.75 Å². The number of benzene rings is 2. The van der Waals surface area contributed by atoms with Crippen LogP contribution in [0.3, 0.4) is 0 Å². The minimum absolute atomic E-state index is 0.0364. The monoisotopic (exact) mass is 475 g/mol. The van der Waals surface area contributed by atoms with Crippen molar-refractivity contribution in [1.82, 2.24) is 20.6 Å². The molecule has 4 rings (SSSR count). The number of rotatable bonds is 10. The molecule has 4 aromatic rings. The highest BCUT2D eigenvalue weighted by Crippen LogP contribution is 2.24. The molecule has 0 spiro atoms. The molecular weight excluding hydrogens is 442 g/mol. The van der Waals surface area contributed by atoms with E-state index in [1.807, 2.05) is 68.7 Å². The number of amides is 2. The van der Waals surface area contributed by atoms with Crippen molar-refractivity contribution in [2.75, 3.05) is 13.7 Å². The third-order valence-electron chi connectivity index (χ3n) is 6.42. The van der Waals surface area contributed by atoms with E-state index >= 15 is 0 Å². The number of hydrogen-bond acceptors (Lipinski definition) is 4. The van der Waals surface area contributed by atoms with Crippen LogP contribution in [0.1, 0.15) is 25.0 Å². The van der Waals surface area contributed by atoms with Crippen molar-refractivity contribution in [1.29, 1.82) is 0 Å². The number of aromatic nitrogens is 2. The van der Waals surface area contributed by atoms with Crippen LogP contribution in [0.2, 0.25) is 0 Å². The summed E-state index contributed by atoms with van der Waals surface area (Å²) in [5.74, 6) is 0.178. The average Bonchev–Trinajstić information content (AvgIpc) is 3.46. The Morgan fingerprint density at radius 3 is 2.43 bits per heavy atom. The van der Waals surface area contributed by atoms with Crippen LogP contribution in [-0.4, -0.2) is 47.5 Å². The van der Waals surface area contributed by atoms with Crippen LogP contribution in [0, 0.1) is 5.92 Å². The first-order chi connectivity index (χ1) is 16.9. The lowest BCUT2D eigenvalue weighted by Crippen LogP contribution is -2.53. The van der Waals surface area contributed by atoms with Gasteiger partial charge in [-0.2, -0.15) is 0 Å². The van der Waals surface area contributed by atoms with Gasteiger partial charge in [-0.25, -0.2) is 0 Å². The Morgan fingerprint density at radius 2 is 1.69 bits per heavy atom. The van der Waals surface area contributed by atoms with Crippen molar-refractivity contribution in [2.24, 2.45) is 11.7 Å². The van der Waals surface area contributed by atoms with Crippen LogP contribution >= 0.6 is 0 Å². The van der Waals surface area contributed by atoms with Gasteiger partial charge in [-0.15, -0.1) is 0 Å². The zero-order valence-corrected chi connectivity index (χ0v) is 20.4. The predicted molar refractivity (Wildman–Crippen MR) is 138 cm³/mol. The third-order valence-corrected chi connectivity index (χ3v) is 6.42. The third kappa shape index (κ3) is 5.49. The summed E-state index contributed by atoms with van der Waals surface area (Å²) in [4.78, 5) is 32.4. The minimum atomic E-state index is -0.741. The molecule has 35 heavy (non-hydrogen) atoms. The normalized spacial score (nSPS) is 13.2. The highest BCUT2D eigenvalue weighted by atomic mass is 16.5. The molecule has 0 aliphatic heterocycles. The smallest absolute Gasteiger partial charge is 0.242 e. The number of H-pyrrole nitrogens is 2. The van der Waals surface area contributed by atoms with Crippen molar-refractivity contribution in [2.45, 2.75) is 38.8 Å². The van der Waals surface area contributed by atoms with E-state index in [4.69, 9.17) is 10.5 Å². The zero-order chi connectivity index (χ0) is 24.9. The van der Waals surface area contributed by atoms with E-state index in [-0.39, 0.29) is 17.7 Å². The first-order valence-electron chi connectivity index (χ1n) is 11.9. The summed E-state index contributed by atoms with van der Waals surface area (Å²) in [6, 6.07) is 12.3. The van der Waals surface area contributed by atoms with Crippen LogP contribution < -0.4 is 21.1 Å². The zero-order valence-electron chi connectivity index (χ0n) is 20.4. The van der Waals surface area contributed by atoms with Crippen LogP contribution in [0.4, 0.5) is 0 Å². The topological polar surface area (TPSA) is 125 Å². The fourth-order valence-electron chi connectivity index (χ4n) is 4.24. The average molecular weight is 476 g/mol. The first kappa shape index (κ1) is 24.3. The van der Waals surface area contributed by atoms with Gasteiger partial charge in [0.05, 0.1) is 13.2 Å². The molecule has 0 fully saturated rings. The number of nitrogens with one attached hydrogen (secondary N) is 4. The molecule has 0 saturated heterocycles. The number of methoxy groups -OCH3 is 1. The lowest BCUT2D eigenvalue weighted by Gasteiger charge is -2.22. The maximum Gasteiger partial charge on any atom is 0.242 e. The summed E-state index contributed by atoms with van der Waals surface area (Å²) in [6.07, 6.45) is 4.83. The molecule has 184 valence electrons. The number of hydrogen-bond donors (Lipinski definition) is 5. The van der Waals surface area contributed by atoms with Gasteiger partial charge < -0.3 is 31.1 Å². The van der Waals surface area contributed by atoms with Gasteiger partial charge >= 0.3 is 0 Å². The van der Waals surface area contributed by atoms with Crippen molar-refractivity contribution in [3.8, 4) is 5.75 Å². The standard InChI is InChI=1S/C27H33N5O3/c1-16(2)25(28)27(34)32-24(12-18-15-31-22-7-5-4-6-20(18)22)26(33)29-11-10-17-14-30-23-9-8-19(35-3)13-21(17)23/h4-9,13-16,24-25,30-31H,10-12,28H2,1-3H3,(H,29,33)(H,32,34)/t24-,25-/m0/s1. The maximum atomic E-state index is 13.2. The molecule has 6 N–H and O–H groups in total. The van der Waals surface area contributed by atoms with Crippen molar-refractivity contribution in [3.63, 3.8) is 0 Å². The molecule has 0 saturated carbocycles. The number of nitrogens with two attached hydrogens (primary N) is 1. The van der Waals surface area contributed by atoms with E-state index in [0.717, 1.165) is 38.7 Å². The minimum Gasteiger partial charge on any atom is -0.497 e. The van der Waals surface area contributed by atoms with E-state index in [9.17, 15) is 9.59 Å². The fraction of sp³-hybridized carbons (Fsp3) is 0.333. The molecule has 0 aliphatic rings. The van der Waals surface area contributed by atoms with Gasteiger partial charge in [-0.3, -0.25) is 9.59 Å². The summed E-state index contributed by atoms with van der Waals surface area (Å²) in [7, 11) is 1.64. The molecule has 2 heterocycles. The van der Waals surface area contributed by atoms with Crippen LogP contribution in [0.25, 0.3) is 21.8 Å². The van der Waals surface area contributed by atoms with Gasteiger partial charge in [0.2, 0.25) is 11.8 Å². The van der Waals surface area contributed by atoms with Gasteiger partial charge in [-0.1, -0.05) is 32.0 Å². The number of ether oxygens (including phenoxy) is 1. The summed E-state index contributed by atoms with van der Waals surface area (Å²) < 4.78 is 5.34. The Hall–Kier alpha value is -3.78. The SMILES string of the molecule is COc1ccc2[nH]cc(CCNC(=O)[C@H](Cc3c[nH]c4ccccc34)NC(=O)[C@@H](N)C(C)C)c2c1. The first-order valence-corrected chi connectivity index (χ1v) is 11.9. The van der Waals surface area contributed by atoms with E-state index in [2.05, 4.69) is 20.6 Å². The maximum absolute atomic E-state index is 13.2. The van der Waals surface area contributed by atoms with Crippen molar-refractivity contribution >= 4 is 33.6 Å². The summed E-state index contributed by atoms with van der Waals surface area (Å²) >= 11 is 0. The molecule has 2 amide bonds. The quantitative estimate of drug-likeness (QED) is 0.242. The number of aromatic amines is 2. The second-order valence-electron chi connectivity index (χ2n) is 9.16. The van der Waals surface area contributed by atoms with E-state index in [0.29, 0.717) is 19.4 Å². The largest absolute Gasteiger partial charge is 0.497 e. The lowest BCUT2D eigenvalue weighted by molar-refractivity contribution is -0.130. The summed E-state index contributed by atoms with van der Waals surface area (Å²) in [5, 5.41) is 7.96.